The summed E-state index contributed by atoms with van der Waals surface area (Å²) in [5, 5.41) is 7.84. The lowest BCUT2D eigenvalue weighted by atomic mass is 9.68. The van der Waals surface area contributed by atoms with Crippen LogP contribution in [0.5, 0.6) is 0 Å². The molecule has 0 saturated heterocycles. The third kappa shape index (κ3) is 3.99. The Morgan fingerprint density at radius 2 is 1.09 bits per heavy atom. The van der Waals surface area contributed by atoms with Crippen molar-refractivity contribution in [3.8, 4) is 11.1 Å². The first kappa shape index (κ1) is 29.9. The number of anilines is 3. The second-order valence-electron chi connectivity index (χ2n) is 14.5. The quantitative estimate of drug-likeness (QED) is 0.177. The fourth-order valence-corrected chi connectivity index (χ4v) is 10.8. The average molecular weight is 705 g/mol. The maximum absolute atomic E-state index is 3.88. The summed E-state index contributed by atoms with van der Waals surface area (Å²) in [6.45, 7) is 0. The van der Waals surface area contributed by atoms with E-state index in [9.17, 15) is 0 Å². The van der Waals surface area contributed by atoms with E-state index in [2.05, 4.69) is 198 Å². The van der Waals surface area contributed by atoms with Gasteiger partial charge in [0.05, 0.1) is 5.41 Å². The maximum Gasteiger partial charge on any atom is 0.0713 e. The monoisotopic (exact) mass is 704 g/mol. The van der Waals surface area contributed by atoms with Gasteiger partial charge in [0, 0.05) is 64.4 Å². The molecule has 2 nitrogen and oxygen atoms in total. The highest BCUT2D eigenvalue weighted by Gasteiger charge is 2.46. The topological polar surface area (TPSA) is 19.0 Å². The van der Waals surface area contributed by atoms with E-state index in [0.717, 1.165) is 22.6 Å². The van der Waals surface area contributed by atoms with E-state index in [1.807, 2.05) is 11.3 Å². The van der Waals surface area contributed by atoms with E-state index in [0.29, 0.717) is 0 Å². The molecule has 1 N–H and O–H groups in total. The number of nitrogens with zero attached hydrogens (tertiary/aromatic N) is 1. The molecule has 0 unspecified atom stereocenters. The van der Waals surface area contributed by atoms with Crippen molar-refractivity contribution in [3.05, 3.63) is 210 Å². The van der Waals surface area contributed by atoms with Crippen LogP contribution in [0.3, 0.4) is 0 Å². The van der Waals surface area contributed by atoms with Crippen molar-refractivity contribution in [2.24, 2.45) is 0 Å². The van der Waals surface area contributed by atoms with Crippen molar-refractivity contribution >= 4 is 81.1 Å². The van der Waals surface area contributed by atoms with Crippen molar-refractivity contribution in [3.63, 3.8) is 0 Å². The molecule has 1 aliphatic rings. The molecule has 3 heteroatoms. The summed E-state index contributed by atoms with van der Waals surface area (Å²) in [6.07, 6.45) is 0. The summed E-state index contributed by atoms with van der Waals surface area (Å²) in [6, 6.07) is 69.5. The predicted molar refractivity (Wildman–Crippen MR) is 229 cm³/mol. The molecule has 11 aromatic rings. The Morgan fingerprint density at radius 1 is 0.426 bits per heavy atom. The van der Waals surface area contributed by atoms with Gasteiger partial charge in [0.1, 0.15) is 0 Å². The molecule has 2 heterocycles. The Hall–Kier alpha value is -6.68. The summed E-state index contributed by atoms with van der Waals surface area (Å²) < 4.78 is 2.70. The Morgan fingerprint density at radius 3 is 1.89 bits per heavy atom. The van der Waals surface area contributed by atoms with E-state index in [1.165, 1.54) is 80.6 Å². The molecule has 0 amide bonds. The van der Waals surface area contributed by atoms with E-state index in [1.54, 1.807) is 0 Å². The zero-order valence-corrected chi connectivity index (χ0v) is 30.1. The lowest BCUT2D eigenvalue weighted by molar-refractivity contribution is 0.768. The van der Waals surface area contributed by atoms with Crippen LogP contribution in [-0.4, -0.2) is 4.98 Å². The molecule has 0 bridgehead atoms. The molecule has 0 spiro atoms. The first-order valence-electron chi connectivity index (χ1n) is 18.6. The van der Waals surface area contributed by atoms with E-state index in [4.69, 9.17) is 0 Å². The molecular formula is C51H32N2S. The van der Waals surface area contributed by atoms with Crippen LogP contribution in [0.25, 0.3) is 63.9 Å². The summed E-state index contributed by atoms with van der Waals surface area (Å²) in [4.78, 5) is 6.31. The smallest absolute Gasteiger partial charge is 0.0713 e. The molecule has 0 radical (unpaired) electrons. The fraction of sp³-hybridized carbons (Fsp3) is 0.0196. The second-order valence-corrected chi connectivity index (χ2v) is 15.6. The molecule has 1 aliphatic carbocycles. The zero-order valence-electron chi connectivity index (χ0n) is 29.3. The lowest BCUT2D eigenvalue weighted by Gasteiger charge is -2.34. The van der Waals surface area contributed by atoms with E-state index < -0.39 is 5.41 Å². The number of rotatable bonds is 5. The van der Waals surface area contributed by atoms with Gasteiger partial charge in [-0.25, -0.2) is 0 Å². The molecule has 0 atom stereocenters. The highest BCUT2D eigenvalue weighted by atomic mass is 32.1. The summed E-state index contributed by atoms with van der Waals surface area (Å²) in [5.41, 5.74) is 13.0. The van der Waals surface area contributed by atoms with Gasteiger partial charge in [-0.3, -0.25) is 0 Å². The SMILES string of the molecule is c1ccc(N(c2ccc3c(c2)-c2ccccc2C3(c2ccccc2)c2ccccc2)c2cc3ccc4c5sc6ccccc6c5cc5[nH]c(c2)c3c54)cc1. The molecular weight excluding hydrogens is 673 g/mol. The third-order valence-electron chi connectivity index (χ3n) is 11.8. The van der Waals surface area contributed by atoms with Gasteiger partial charge in [0.25, 0.3) is 0 Å². The van der Waals surface area contributed by atoms with Gasteiger partial charge in [-0.1, -0.05) is 140 Å². The molecule has 2 aromatic heterocycles. The fourth-order valence-electron chi connectivity index (χ4n) is 9.62. The molecule has 0 fully saturated rings. The van der Waals surface area contributed by atoms with E-state index >= 15 is 0 Å². The zero-order chi connectivity index (χ0) is 35.4. The Kier molecular flexibility index (Phi) is 6.17. The predicted octanol–water partition coefficient (Wildman–Crippen LogP) is 14.1. The van der Waals surface area contributed by atoms with Crippen molar-refractivity contribution < 1.29 is 0 Å². The molecule has 0 aliphatic heterocycles. The van der Waals surface area contributed by atoms with Crippen LogP contribution < -0.4 is 4.90 Å². The van der Waals surface area contributed by atoms with Gasteiger partial charge < -0.3 is 9.88 Å². The summed E-state index contributed by atoms with van der Waals surface area (Å²) >= 11 is 1.90. The van der Waals surface area contributed by atoms with Crippen LogP contribution >= 0.6 is 11.3 Å². The van der Waals surface area contributed by atoms with Gasteiger partial charge >= 0.3 is 0 Å². The van der Waals surface area contributed by atoms with E-state index in [-0.39, 0.29) is 0 Å². The largest absolute Gasteiger partial charge is 0.354 e. The van der Waals surface area contributed by atoms with Crippen molar-refractivity contribution in [2.45, 2.75) is 5.41 Å². The van der Waals surface area contributed by atoms with Crippen molar-refractivity contribution in [2.75, 3.05) is 4.90 Å². The third-order valence-corrected chi connectivity index (χ3v) is 13.0. The number of benzene rings is 9. The first-order chi connectivity index (χ1) is 26.8. The number of aromatic amines is 1. The molecule has 0 saturated carbocycles. The Balaban J connectivity index is 1.09. The van der Waals surface area contributed by atoms with Gasteiger partial charge in [-0.15, -0.1) is 11.3 Å². The van der Waals surface area contributed by atoms with Gasteiger partial charge in [-0.05, 0) is 87.3 Å². The van der Waals surface area contributed by atoms with Gasteiger partial charge in [-0.2, -0.15) is 0 Å². The number of para-hydroxylation sites is 1. The molecule has 54 heavy (non-hydrogen) atoms. The lowest BCUT2D eigenvalue weighted by Crippen LogP contribution is -2.28. The highest BCUT2D eigenvalue weighted by molar-refractivity contribution is 7.26. The number of hydrogen-bond acceptors (Lipinski definition) is 2. The number of hydrogen-bond donors (Lipinski definition) is 1. The normalized spacial score (nSPS) is 13.3. The van der Waals surface area contributed by atoms with Crippen LogP contribution in [0.15, 0.2) is 188 Å². The van der Waals surface area contributed by atoms with Crippen LogP contribution in [0, 0.1) is 0 Å². The summed E-state index contributed by atoms with van der Waals surface area (Å²) in [5.74, 6) is 0. The van der Waals surface area contributed by atoms with Crippen LogP contribution in [0.2, 0.25) is 0 Å². The van der Waals surface area contributed by atoms with Crippen LogP contribution in [-0.2, 0) is 5.41 Å². The standard InChI is InChI=1S/C51H32N2S/c1-4-14-33(15-5-1)51(34-16-6-2-7-17-34)43-22-12-10-20-38(43)41-29-36(25-27-44(41)51)53(35-18-8-3-9-19-35)37-28-32-24-26-40-49-46(52-45(30-37)48(32)49)31-42-39-21-11-13-23-47(39)54-50(40)42/h1-31,52H. The first-order valence-corrected chi connectivity index (χ1v) is 19.4. The van der Waals surface area contributed by atoms with Gasteiger partial charge in [0.15, 0.2) is 0 Å². The Labute approximate surface area is 316 Å². The molecule has 12 rings (SSSR count). The Bertz CT molecular complexity index is 3170. The minimum absolute atomic E-state index is 0.431. The number of nitrogens with one attached hydrogen (secondary N) is 1. The van der Waals surface area contributed by atoms with Crippen molar-refractivity contribution in [1.82, 2.24) is 4.98 Å². The number of H-pyrrole nitrogens is 1. The van der Waals surface area contributed by atoms with Gasteiger partial charge in [0.2, 0.25) is 0 Å². The summed E-state index contributed by atoms with van der Waals surface area (Å²) in [7, 11) is 0. The number of fused-ring (bicyclic) bond motifs is 7. The number of aromatic nitrogens is 1. The minimum Gasteiger partial charge on any atom is -0.354 e. The number of thiophene rings is 1. The highest BCUT2D eigenvalue weighted by Crippen LogP contribution is 2.57. The van der Waals surface area contributed by atoms with Crippen LogP contribution in [0.4, 0.5) is 17.1 Å². The molecule has 9 aromatic carbocycles. The van der Waals surface area contributed by atoms with Crippen molar-refractivity contribution in [1.29, 1.82) is 0 Å². The van der Waals surface area contributed by atoms with Crippen LogP contribution in [0.1, 0.15) is 22.3 Å². The average Bonchev–Trinajstić information content (AvgIpc) is 3.89. The molecule has 252 valence electrons. The minimum atomic E-state index is -0.431. The second kappa shape index (κ2) is 11.2. The maximum atomic E-state index is 3.88.